The molecule has 1 N–H and O–H groups in total. The van der Waals surface area contributed by atoms with Crippen molar-refractivity contribution in [2.45, 2.75) is 26.7 Å². The zero-order valence-corrected chi connectivity index (χ0v) is 12.4. The van der Waals surface area contributed by atoms with Gasteiger partial charge in [0.1, 0.15) is 5.75 Å². The van der Waals surface area contributed by atoms with E-state index >= 15 is 0 Å². The van der Waals surface area contributed by atoms with Gasteiger partial charge >= 0.3 is 0 Å². The highest BCUT2D eigenvalue weighted by atomic mass is 16.5. The fraction of sp³-hybridized carbons (Fsp3) is 0.625. The molecule has 0 aliphatic carbocycles. The number of rotatable bonds is 6. The first-order valence-electron chi connectivity index (χ1n) is 7.35. The number of methoxy groups -OCH3 is 1. The van der Waals surface area contributed by atoms with Crippen LogP contribution < -0.4 is 15.0 Å². The standard InChI is InChI=1S/C16H26N2O/c1-4-8-17-11-14-7-9-18(12-14)15-10-13(2)5-6-16(15)19-3/h5-6,10,14,17H,4,7-9,11-12H2,1-3H3. The molecule has 0 saturated carbocycles. The summed E-state index contributed by atoms with van der Waals surface area (Å²) >= 11 is 0. The molecule has 0 radical (unpaired) electrons. The number of anilines is 1. The monoisotopic (exact) mass is 262 g/mol. The van der Waals surface area contributed by atoms with E-state index in [0.29, 0.717) is 0 Å². The van der Waals surface area contributed by atoms with E-state index in [4.69, 9.17) is 4.74 Å². The van der Waals surface area contributed by atoms with Crippen molar-refractivity contribution in [3.8, 4) is 5.75 Å². The Morgan fingerprint density at radius 1 is 1.42 bits per heavy atom. The first-order valence-corrected chi connectivity index (χ1v) is 7.35. The molecule has 1 heterocycles. The highest BCUT2D eigenvalue weighted by Gasteiger charge is 2.24. The summed E-state index contributed by atoms with van der Waals surface area (Å²) in [6.07, 6.45) is 2.48. The van der Waals surface area contributed by atoms with Gasteiger partial charge in [0, 0.05) is 13.1 Å². The molecule has 106 valence electrons. The lowest BCUT2D eigenvalue weighted by atomic mass is 10.1. The van der Waals surface area contributed by atoms with E-state index < -0.39 is 0 Å². The molecule has 1 aliphatic heterocycles. The third-order valence-corrected chi connectivity index (χ3v) is 3.82. The highest BCUT2D eigenvalue weighted by Crippen LogP contribution is 2.32. The van der Waals surface area contributed by atoms with Crippen molar-refractivity contribution in [1.29, 1.82) is 0 Å². The first kappa shape index (κ1) is 14.2. The molecule has 3 heteroatoms. The summed E-state index contributed by atoms with van der Waals surface area (Å²) in [5, 5.41) is 3.53. The lowest BCUT2D eigenvalue weighted by Crippen LogP contribution is -2.27. The minimum Gasteiger partial charge on any atom is -0.495 e. The van der Waals surface area contributed by atoms with E-state index in [9.17, 15) is 0 Å². The molecule has 1 aromatic rings. The van der Waals surface area contributed by atoms with Crippen LogP contribution in [0.4, 0.5) is 5.69 Å². The number of ether oxygens (including phenoxy) is 1. The third kappa shape index (κ3) is 3.63. The van der Waals surface area contributed by atoms with E-state index in [1.165, 1.54) is 24.1 Å². The normalized spacial score (nSPS) is 18.9. The number of nitrogens with zero attached hydrogens (tertiary/aromatic N) is 1. The molecule has 19 heavy (non-hydrogen) atoms. The van der Waals surface area contributed by atoms with Crippen molar-refractivity contribution in [2.24, 2.45) is 5.92 Å². The van der Waals surface area contributed by atoms with Crippen molar-refractivity contribution in [2.75, 3.05) is 38.2 Å². The van der Waals surface area contributed by atoms with E-state index in [-0.39, 0.29) is 0 Å². The van der Waals surface area contributed by atoms with Crippen LogP contribution in [0.3, 0.4) is 0 Å². The van der Waals surface area contributed by atoms with Crippen LogP contribution in [-0.4, -0.2) is 33.3 Å². The van der Waals surface area contributed by atoms with E-state index in [0.717, 1.165) is 37.8 Å². The Labute approximate surface area is 116 Å². The van der Waals surface area contributed by atoms with Gasteiger partial charge in [-0.25, -0.2) is 0 Å². The van der Waals surface area contributed by atoms with Gasteiger partial charge in [-0.1, -0.05) is 13.0 Å². The minimum atomic E-state index is 0.761. The zero-order chi connectivity index (χ0) is 13.7. The number of benzene rings is 1. The Kier molecular flexibility index (Phi) is 5.08. The molecule has 1 aliphatic rings. The quantitative estimate of drug-likeness (QED) is 0.798. The van der Waals surface area contributed by atoms with Crippen LogP contribution in [0.15, 0.2) is 18.2 Å². The molecular weight excluding hydrogens is 236 g/mol. The van der Waals surface area contributed by atoms with Crippen molar-refractivity contribution >= 4 is 5.69 Å². The molecule has 0 amide bonds. The fourth-order valence-electron chi connectivity index (χ4n) is 2.75. The second-order valence-corrected chi connectivity index (χ2v) is 5.48. The van der Waals surface area contributed by atoms with Gasteiger partial charge in [-0.3, -0.25) is 0 Å². The summed E-state index contributed by atoms with van der Waals surface area (Å²) in [5.74, 6) is 1.75. The average Bonchev–Trinajstić information content (AvgIpc) is 2.88. The predicted octanol–water partition coefficient (Wildman–Crippen LogP) is 2.83. The Hall–Kier alpha value is -1.22. The molecule has 2 rings (SSSR count). The van der Waals surface area contributed by atoms with Gasteiger partial charge in [-0.15, -0.1) is 0 Å². The van der Waals surface area contributed by atoms with Crippen LogP contribution >= 0.6 is 0 Å². The van der Waals surface area contributed by atoms with E-state index in [2.05, 4.69) is 42.3 Å². The molecule has 1 saturated heterocycles. The number of nitrogens with one attached hydrogen (secondary N) is 1. The van der Waals surface area contributed by atoms with E-state index in [1.807, 2.05) is 0 Å². The van der Waals surface area contributed by atoms with Crippen molar-refractivity contribution < 1.29 is 4.74 Å². The van der Waals surface area contributed by atoms with Gasteiger partial charge in [0.15, 0.2) is 0 Å². The van der Waals surface area contributed by atoms with Crippen LogP contribution in [-0.2, 0) is 0 Å². The third-order valence-electron chi connectivity index (χ3n) is 3.82. The maximum Gasteiger partial charge on any atom is 0.142 e. The molecule has 0 bridgehead atoms. The molecular formula is C16H26N2O. The van der Waals surface area contributed by atoms with Crippen molar-refractivity contribution in [3.05, 3.63) is 23.8 Å². The molecule has 1 fully saturated rings. The average molecular weight is 262 g/mol. The van der Waals surface area contributed by atoms with Gasteiger partial charge in [0.25, 0.3) is 0 Å². The molecule has 3 nitrogen and oxygen atoms in total. The Morgan fingerprint density at radius 3 is 3.00 bits per heavy atom. The van der Waals surface area contributed by atoms with Gasteiger partial charge < -0.3 is 15.0 Å². The lowest BCUT2D eigenvalue weighted by molar-refractivity contribution is 0.414. The van der Waals surface area contributed by atoms with Crippen LogP contribution in [0.2, 0.25) is 0 Å². The summed E-state index contributed by atoms with van der Waals surface area (Å²) in [5.41, 5.74) is 2.55. The van der Waals surface area contributed by atoms with Gasteiger partial charge in [-0.2, -0.15) is 0 Å². The van der Waals surface area contributed by atoms with Crippen LogP contribution in [0, 0.1) is 12.8 Å². The summed E-state index contributed by atoms with van der Waals surface area (Å²) in [7, 11) is 1.75. The summed E-state index contributed by atoms with van der Waals surface area (Å²) in [6, 6.07) is 6.42. The maximum absolute atomic E-state index is 5.49. The van der Waals surface area contributed by atoms with Gasteiger partial charge in [0.05, 0.1) is 12.8 Å². The fourth-order valence-corrected chi connectivity index (χ4v) is 2.75. The van der Waals surface area contributed by atoms with Crippen LogP contribution in [0.1, 0.15) is 25.3 Å². The van der Waals surface area contributed by atoms with Crippen molar-refractivity contribution in [1.82, 2.24) is 5.32 Å². The summed E-state index contributed by atoms with van der Waals surface area (Å²) in [4.78, 5) is 2.46. The van der Waals surface area contributed by atoms with Gasteiger partial charge in [-0.05, 0) is 56.5 Å². The molecule has 1 unspecified atom stereocenters. The zero-order valence-electron chi connectivity index (χ0n) is 12.4. The Morgan fingerprint density at radius 2 is 2.26 bits per heavy atom. The molecule has 0 aromatic heterocycles. The second-order valence-electron chi connectivity index (χ2n) is 5.48. The van der Waals surface area contributed by atoms with Crippen LogP contribution in [0.25, 0.3) is 0 Å². The first-order chi connectivity index (χ1) is 9.24. The molecule has 0 spiro atoms. The number of aryl methyl sites for hydroxylation is 1. The second kappa shape index (κ2) is 6.80. The topological polar surface area (TPSA) is 24.5 Å². The maximum atomic E-state index is 5.49. The van der Waals surface area contributed by atoms with Gasteiger partial charge in [0.2, 0.25) is 0 Å². The minimum absolute atomic E-state index is 0.761. The SMILES string of the molecule is CCCNCC1CCN(c2cc(C)ccc2OC)C1. The van der Waals surface area contributed by atoms with E-state index in [1.54, 1.807) is 7.11 Å². The molecule has 1 atom stereocenters. The highest BCUT2D eigenvalue weighted by molar-refractivity contribution is 5.60. The summed E-state index contributed by atoms with van der Waals surface area (Å²) in [6.45, 7) is 8.89. The Balaban J connectivity index is 1.98. The predicted molar refractivity (Wildman–Crippen MR) is 81.2 cm³/mol. The molecule has 1 aromatic carbocycles. The van der Waals surface area contributed by atoms with Crippen LogP contribution in [0.5, 0.6) is 5.75 Å². The number of hydrogen-bond donors (Lipinski definition) is 1. The number of hydrogen-bond acceptors (Lipinski definition) is 3. The largest absolute Gasteiger partial charge is 0.495 e. The van der Waals surface area contributed by atoms with Crippen molar-refractivity contribution in [3.63, 3.8) is 0 Å². The smallest absolute Gasteiger partial charge is 0.142 e. The summed E-state index contributed by atoms with van der Waals surface area (Å²) < 4.78 is 5.49. The Bertz CT molecular complexity index is 406. The lowest BCUT2D eigenvalue weighted by Gasteiger charge is -2.22.